The standard InChI is InChI=1S/C8H8N2O4/c11-7-1-4(5-3-9-5)6(10(13)14)2-8(7)12/h1-2,5,9,11-12H,3H2/t5-/m1/s1. The highest BCUT2D eigenvalue weighted by molar-refractivity contribution is 5.55. The molecule has 1 aromatic carbocycles. The number of rotatable bonds is 2. The van der Waals surface area contributed by atoms with Crippen LogP contribution in [0.5, 0.6) is 11.5 Å². The van der Waals surface area contributed by atoms with Gasteiger partial charge < -0.3 is 15.5 Å². The van der Waals surface area contributed by atoms with Gasteiger partial charge in [0.1, 0.15) is 0 Å². The summed E-state index contributed by atoms with van der Waals surface area (Å²) in [6, 6.07) is 2.10. The lowest BCUT2D eigenvalue weighted by molar-refractivity contribution is -0.385. The van der Waals surface area contributed by atoms with E-state index in [4.69, 9.17) is 5.11 Å². The van der Waals surface area contributed by atoms with Crippen LogP contribution in [0.15, 0.2) is 12.1 Å². The minimum absolute atomic E-state index is 0.0816. The van der Waals surface area contributed by atoms with Crippen molar-refractivity contribution in [1.29, 1.82) is 0 Å². The van der Waals surface area contributed by atoms with Crippen LogP contribution in [-0.4, -0.2) is 21.7 Å². The van der Waals surface area contributed by atoms with Crippen LogP contribution in [0.3, 0.4) is 0 Å². The molecule has 0 unspecified atom stereocenters. The molecule has 1 fully saturated rings. The summed E-state index contributed by atoms with van der Waals surface area (Å²) < 4.78 is 0. The number of nitro benzene ring substituents is 1. The molecule has 2 rings (SSSR count). The maximum Gasteiger partial charge on any atom is 0.278 e. The maximum atomic E-state index is 10.6. The van der Waals surface area contributed by atoms with Gasteiger partial charge in [-0.2, -0.15) is 0 Å². The predicted octanol–water partition coefficient (Wildman–Crippen LogP) is 0.650. The van der Waals surface area contributed by atoms with Gasteiger partial charge in [-0.3, -0.25) is 10.1 Å². The fourth-order valence-corrected chi connectivity index (χ4v) is 1.30. The number of benzene rings is 1. The molecular weight excluding hydrogens is 188 g/mol. The minimum Gasteiger partial charge on any atom is -0.504 e. The second-order valence-corrected chi connectivity index (χ2v) is 3.12. The van der Waals surface area contributed by atoms with Crippen LogP contribution in [0.1, 0.15) is 11.6 Å². The van der Waals surface area contributed by atoms with Crippen LogP contribution in [0.25, 0.3) is 0 Å². The van der Waals surface area contributed by atoms with Gasteiger partial charge in [-0.1, -0.05) is 0 Å². The summed E-state index contributed by atoms with van der Waals surface area (Å²) in [7, 11) is 0. The van der Waals surface area contributed by atoms with Crippen LogP contribution < -0.4 is 5.32 Å². The molecule has 3 N–H and O–H groups in total. The summed E-state index contributed by atoms with van der Waals surface area (Å²) in [6.07, 6.45) is 0. The molecule has 0 spiro atoms. The molecule has 0 aliphatic carbocycles. The molecule has 0 aromatic heterocycles. The third kappa shape index (κ3) is 1.35. The van der Waals surface area contributed by atoms with Crippen LogP contribution in [0.2, 0.25) is 0 Å². The highest BCUT2D eigenvalue weighted by Gasteiger charge is 2.31. The lowest BCUT2D eigenvalue weighted by Crippen LogP contribution is -1.95. The van der Waals surface area contributed by atoms with Crippen molar-refractivity contribution in [2.24, 2.45) is 0 Å². The molecule has 1 aliphatic heterocycles. The van der Waals surface area contributed by atoms with E-state index in [0.717, 1.165) is 6.07 Å². The van der Waals surface area contributed by atoms with Crippen molar-refractivity contribution in [1.82, 2.24) is 5.32 Å². The van der Waals surface area contributed by atoms with Crippen molar-refractivity contribution in [3.63, 3.8) is 0 Å². The first-order valence-electron chi connectivity index (χ1n) is 4.03. The second-order valence-electron chi connectivity index (χ2n) is 3.12. The predicted molar refractivity (Wildman–Crippen MR) is 47.2 cm³/mol. The van der Waals surface area contributed by atoms with Crippen LogP contribution in [0.4, 0.5) is 5.69 Å². The summed E-state index contributed by atoms with van der Waals surface area (Å²) in [5.41, 5.74) is 0.237. The Hall–Kier alpha value is -1.82. The number of phenols is 2. The van der Waals surface area contributed by atoms with Crippen LogP contribution in [0, 0.1) is 10.1 Å². The first-order chi connectivity index (χ1) is 6.59. The van der Waals surface area contributed by atoms with Gasteiger partial charge in [0, 0.05) is 6.54 Å². The zero-order chi connectivity index (χ0) is 10.3. The molecule has 1 aliphatic rings. The van der Waals surface area contributed by atoms with Crippen molar-refractivity contribution >= 4 is 5.69 Å². The van der Waals surface area contributed by atoms with E-state index >= 15 is 0 Å². The highest BCUT2D eigenvalue weighted by atomic mass is 16.6. The monoisotopic (exact) mass is 196 g/mol. The average Bonchev–Trinajstić information content (AvgIpc) is 2.91. The van der Waals surface area contributed by atoms with Crippen molar-refractivity contribution in [2.45, 2.75) is 6.04 Å². The fraction of sp³-hybridized carbons (Fsp3) is 0.250. The number of hydrogen-bond donors (Lipinski definition) is 3. The normalized spacial score (nSPS) is 19.3. The lowest BCUT2D eigenvalue weighted by atomic mass is 10.1. The molecule has 0 saturated carbocycles. The Bertz CT molecular complexity index is 401. The highest BCUT2D eigenvalue weighted by Crippen LogP contribution is 2.38. The number of nitrogens with one attached hydrogen (secondary N) is 1. The molecule has 1 aromatic rings. The van der Waals surface area contributed by atoms with E-state index in [1.807, 2.05) is 0 Å². The second kappa shape index (κ2) is 2.85. The Morgan fingerprint density at radius 1 is 1.43 bits per heavy atom. The summed E-state index contributed by atoms with van der Waals surface area (Å²) in [5.74, 6) is -0.805. The number of aromatic hydroxyl groups is 2. The van der Waals surface area contributed by atoms with E-state index in [2.05, 4.69) is 5.32 Å². The van der Waals surface area contributed by atoms with E-state index in [1.165, 1.54) is 6.07 Å². The van der Waals surface area contributed by atoms with E-state index in [0.29, 0.717) is 12.1 Å². The summed E-state index contributed by atoms with van der Waals surface area (Å²) >= 11 is 0. The quantitative estimate of drug-likeness (QED) is 0.278. The minimum atomic E-state index is -0.575. The Labute approximate surface area is 78.9 Å². The van der Waals surface area contributed by atoms with Gasteiger partial charge >= 0.3 is 0 Å². The van der Waals surface area contributed by atoms with Crippen LogP contribution >= 0.6 is 0 Å². The van der Waals surface area contributed by atoms with Gasteiger partial charge in [-0.25, -0.2) is 0 Å². The molecule has 6 nitrogen and oxygen atoms in total. The first kappa shape index (κ1) is 8.76. The fourth-order valence-electron chi connectivity index (χ4n) is 1.30. The molecule has 1 heterocycles. The van der Waals surface area contributed by atoms with E-state index in [-0.39, 0.29) is 17.5 Å². The Morgan fingerprint density at radius 2 is 2.00 bits per heavy atom. The van der Waals surface area contributed by atoms with Crippen molar-refractivity contribution < 1.29 is 15.1 Å². The van der Waals surface area contributed by atoms with Crippen molar-refractivity contribution in [3.05, 3.63) is 27.8 Å². The molecule has 1 atom stereocenters. The van der Waals surface area contributed by atoms with Gasteiger partial charge in [0.05, 0.1) is 22.6 Å². The number of nitrogens with zero attached hydrogens (tertiary/aromatic N) is 1. The van der Waals surface area contributed by atoms with E-state index in [9.17, 15) is 15.2 Å². The van der Waals surface area contributed by atoms with E-state index in [1.54, 1.807) is 0 Å². The SMILES string of the molecule is O=[N+]([O-])c1cc(O)c(O)cc1[C@H]1CN1. The van der Waals surface area contributed by atoms with Gasteiger partial charge in [0.2, 0.25) is 0 Å². The van der Waals surface area contributed by atoms with Crippen LogP contribution in [-0.2, 0) is 0 Å². The number of phenolic OH excluding ortho intramolecular Hbond substituents is 2. The molecule has 74 valence electrons. The van der Waals surface area contributed by atoms with Crippen molar-refractivity contribution in [2.75, 3.05) is 6.54 Å². The topological polar surface area (TPSA) is 106 Å². The van der Waals surface area contributed by atoms with Gasteiger partial charge in [-0.15, -0.1) is 0 Å². The smallest absolute Gasteiger partial charge is 0.278 e. The zero-order valence-corrected chi connectivity index (χ0v) is 7.10. The Morgan fingerprint density at radius 3 is 2.50 bits per heavy atom. The summed E-state index contributed by atoms with van der Waals surface area (Å²) in [5, 5.41) is 31.8. The van der Waals surface area contributed by atoms with Gasteiger partial charge in [0.25, 0.3) is 5.69 Å². The molecule has 0 amide bonds. The third-order valence-corrected chi connectivity index (χ3v) is 2.10. The Kier molecular flexibility index (Phi) is 1.78. The average molecular weight is 196 g/mol. The largest absolute Gasteiger partial charge is 0.504 e. The molecule has 14 heavy (non-hydrogen) atoms. The third-order valence-electron chi connectivity index (χ3n) is 2.10. The van der Waals surface area contributed by atoms with Gasteiger partial charge in [0.15, 0.2) is 11.5 Å². The zero-order valence-electron chi connectivity index (χ0n) is 7.10. The van der Waals surface area contributed by atoms with E-state index < -0.39 is 10.7 Å². The van der Waals surface area contributed by atoms with Gasteiger partial charge in [-0.05, 0) is 6.07 Å². The first-order valence-corrected chi connectivity index (χ1v) is 4.03. The number of nitro groups is 1. The molecule has 0 radical (unpaired) electrons. The molecule has 1 saturated heterocycles. The number of hydrogen-bond acceptors (Lipinski definition) is 5. The summed E-state index contributed by atoms with van der Waals surface area (Å²) in [4.78, 5) is 10.0. The summed E-state index contributed by atoms with van der Waals surface area (Å²) in [6.45, 7) is 0.658. The maximum absolute atomic E-state index is 10.6. The lowest BCUT2D eigenvalue weighted by Gasteiger charge is -2.02. The Balaban J connectivity index is 2.54. The molecular formula is C8H8N2O4. The molecule has 6 heteroatoms. The molecule has 0 bridgehead atoms. The van der Waals surface area contributed by atoms with Crippen molar-refractivity contribution in [3.8, 4) is 11.5 Å².